The summed E-state index contributed by atoms with van der Waals surface area (Å²) in [5, 5.41) is -0.202. The van der Waals surface area contributed by atoms with E-state index in [4.69, 9.17) is 16.3 Å². The summed E-state index contributed by atoms with van der Waals surface area (Å²) in [7, 11) is 1.50. The lowest BCUT2D eigenvalue weighted by Crippen LogP contribution is -2.50. The third-order valence-corrected chi connectivity index (χ3v) is 4.91. The summed E-state index contributed by atoms with van der Waals surface area (Å²) in [5.41, 5.74) is 4.01. The summed E-state index contributed by atoms with van der Waals surface area (Å²) in [6.07, 6.45) is -2.84. The molecule has 0 spiro atoms. The molecule has 0 bridgehead atoms. The summed E-state index contributed by atoms with van der Waals surface area (Å²) < 4.78 is 43.5. The van der Waals surface area contributed by atoms with Crippen LogP contribution in [0.1, 0.15) is 28.8 Å². The van der Waals surface area contributed by atoms with Gasteiger partial charge in [-0.25, -0.2) is 4.98 Å². The Morgan fingerprint density at radius 2 is 1.93 bits per heavy atom. The number of benzene rings is 1. The van der Waals surface area contributed by atoms with E-state index in [1.54, 1.807) is 12.1 Å². The molecule has 2 amide bonds. The number of ether oxygens (including phenoxy) is 1. The summed E-state index contributed by atoms with van der Waals surface area (Å²) in [4.78, 5) is 30.1. The molecule has 1 aromatic carbocycles. The van der Waals surface area contributed by atoms with Crippen LogP contribution in [0.2, 0.25) is 5.02 Å². The van der Waals surface area contributed by atoms with Crippen LogP contribution in [0.3, 0.4) is 0 Å². The summed E-state index contributed by atoms with van der Waals surface area (Å²) in [6.45, 7) is 0.391. The van der Waals surface area contributed by atoms with Gasteiger partial charge in [0, 0.05) is 18.3 Å². The van der Waals surface area contributed by atoms with Crippen LogP contribution in [0, 0.1) is 0 Å². The Balaban J connectivity index is 1.66. The average Bonchev–Trinajstić information content (AvgIpc) is 3.20. The highest BCUT2D eigenvalue weighted by atomic mass is 35.5. The van der Waals surface area contributed by atoms with Crippen molar-refractivity contribution in [2.45, 2.75) is 25.1 Å². The second-order valence-electron chi connectivity index (χ2n) is 6.55. The molecule has 0 saturated carbocycles. The number of hydrogen-bond donors (Lipinski definition) is 2. The van der Waals surface area contributed by atoms with Crippen LogP contribution < -0.4 is 20.5 Å². The molecule has 0 aliphatic carbocycles. The van der Waals surface area contributed by atoms with E-state index in [1.165, 1.54) is 24.1 Å². The topological polar surface area (TPSA) is 83.6 Å². The van der Waals surface area contributed by atoms with Crippen LogP contribution in [-0.2, 0) is 11.0 Å². The molecule has 0 radical (unpaired) electrons. The van der Waals surface area contributed by atoms with Crippen LogP contribution in [0.15, 0.2) is 36.5 Å². The van der Waals surface area contributed by atoms with Gasteiger partial charge in [-0.3, -0.25) is 20.4 Å². The van der Waals surface area contributed by atoms with Crippen molar-refractivity contribution in [2.75, 3.05) is 18.6 Å². The molecule has 2 heterocycles. The van der Waals surface area contributed by atoms with E-state index >= 15 is 0 Å². The number of rotatable bonds is 4. The molecule has 0 unspecified atom stereocenters. The van der Waals surface area contributed by atoms with Gasteiger partial charge in [0.2, 0.25) is 0 Å². The molecular weight excluding hydrogens is 425 g/mol. The van der Waals surface area contributed by atoms with Crippen molar-refractivity contribution in [1.29, 1.82) is 0 Å². The molecule has 1 aliphatic rings. The van der Waals surface area contributed by atoms with Gasteiger partial charge in [-0.05, 0) is 43.2 Å². The standard InChI is InChI=1S/C19H18ClF3N4O3/c1-30-13-6-4-11(5-7-13)17(28)25-26-18(29)15-3-2-8-27(15)16-14(20)9-12(10-24-16)19(21,22)23/h4-7,9-10,15H,2-3,8H2,1H3,(H,25,28)(H,26,29)/t15-/m0/s1. The average molecular weight is 443 g/mol. The number of carbonyl (C=O) groups excluding carboxylic acids is 2. The second kappa shape index (κ2) is 8.78. The first-order valence-corrected chi connectivity index (χ1v) is 9.32. The van der Waals surface area contributed by atoms with Gasteiger partial charge in [-0.1, -0.05) is 11.6 Å². The molecule has 2 N–H and O–H groups in total. The summed E-state index contributed by atoms with van der Waals surface area (Å²) >= 11 is 6.00. The maximum atomic E-state index is 12.8. The highest BCUT2D eigenvalue weighted by molar-refractivity contribution is 6.33. The zero-order valence-corrected chi connectivity index (χ0v) is 16.5. The summed E-state index contributed by atoms with van der Waals surface area (Å²) in [6, 6.07) is 6.33. The van der Waals surface area contributed by atoms with Crippen molar-refractivity contribution >= 4 is 29.2 Å². The number of anilines is 1. The Morgan fingerprint density at radius 3 is 2.53 bits per heavy atom. The number of halogens is 4. The molecule has 1 fully saturated rings. The number of carbonyl (C=O) groups is 2. The highest BCUT2D eigenvalue weighted by Gasteiger charge is 2.35. The monoisotopic (exact) mass is 442 g/mol. The Hall–Kier alpha value is -3.01. The van der Waals surface area contributed by atoms with Gasteiger partial charge in [0.05, 0.1) is 17.7 Å². The lowest BCUT2D eigenvalue weighted by Gasteiger charge is -2.26. The largest absolute Gasteiger partial charge is 0.497 e. The van der Waals surface area contributed by atoms with Gasteiger partial charge in [0.1, 0.15) is 17.6 Å². The number of amides is 2. The number of hydrazine groups is 1. The lowest BCUT2D eigenvalue weighted by atomic mass is 10.2. The predicted octanol–water partition coefficient (Wildman–Crippen LogP) is 3.19. The van der Waals surface area contributed by atoms with Crippen molar-refractivity contribution in [3.05, 3.63) is 52.7 Å². The normalized spacial score (nSPS) is 16.3. The van der Waals surface area contributed by atoms with Gasteiger partial charge in [0.25, 0.3) is 11.8 Å². The summed E-state index contributed by atoms with van der Waals surface area (Å²) in [5.74, 6) is -0.379. The van der Waals surface area contributed by atoms with E-state index < -0.39 is 29.6 Å². The van der Waals surface area contributed by atoms with Gasteiger partial charge >= 0.3 is 6.18 Å². The molecule has 11 heteroatoms. The Kier molecular flexibility index (Phi) is 6.35. The molecule has 2 aromatic rings. The molecule has 3 rings (SSSR count). The first kappa shape index (κ1) is 21.7. The minimum Gasteiger partial charge on any atom is -0.497 e. The number of nitrogens with zero attached hydrogens (tertiary/aromatic N) is 2. The Morgan fingerprint density at radius 1 is 1.23 bits per heavy atom. The number of nitrogens with one attached hydrogen (secondary N) is 2. The van der Waals surface area contributed by atoms with Crippen LogP contribution in [-0.4, -0.2) is 36.5 Å². The van der Waals surface area contributed by atoms with Crippen LogP contribution >= 0.6 is 11.6 Å². The fourth-order valence-corrected chi connectivity index (χ4v) is 3.38. The minimum atomic E-state index is -4.57. The van der Waals surface area contributed by atoms with Gasteiger partial charge in [0.15, 0.2) is 0 Å². The third-order valence-electron chi connectivity index (χ3n) is 4.63. The van der Waals surface area contributed by atoms with Crippen molar-refractivity contribution in [3.8, 4) is 5.75 Å². The van der Waals surface area contributed by atoms with Crippen LogP contribution in [0.25, 0.3) is 0 Å². The highest BCUT2D eigenvalue weighted by Crippen LogP contribution is 2.35. The first-order chi connectivity index (χ1) is 14.2. The fourth-order valence-electron chi connectivity index (χ4n) is 3.11. The molecule has 7 nitrogen and oxygen atoms in total. The smallest absolute Gasteiger partial charge is 0.417 e. The van der Waals surface area contributed by atoms with E-state index in [-0.39, 0.29) is 10.8 Å². The second-order valence-corrected chi connectivity index (χ2v) is 6.96. The maximum absolute atomic E-state index is 12.8. The number of aromatic nitrogens is 1. The van der Waals surface area contributed by atoms with Crippen molar-refractivity contribution in [2.24, 2.45) is 0 Å². The van der Waals surface area contributed by atoms with Crippen molar-refractivity contribution in [3.63, 3.8) is 0 Å². The van der Waals surface area contributed by atoms with Gasteiger partial charge in [-0.15, -0.1) is 0 Å². The minimum absolute atomic E-state index is 0.0868. The maximum Gasteiger partial charge on any atom is 0.417 e. The van der Waals surface area contributed by atoms with Crippen molar-refractivity contribution < 1.29 is 27.5 Å². The molecule has 160 valence electrons. The van der Waals surface area contributed by atoms with Gasteiger partial charge < -0.3 is 9.64 Å². The molecular formula is C19H18ClF3N4O3. The zero-order chi connectivity index (χ0) is 21.9. The van der Waals surface area contributed by atoms with E-state index in [2.05, 4.69) is 15.8 Å². The predicted molar refractivity (Wildman–Crippen MR) is 103 cm³/mol. The van der Waals surface area contributed by atoms with E-state index in [9.17, 15) is 22.8 Å². The fraction of sp³-hybridized carbons (Fsp3) is 0.316. The first-order valence-electron chi connectivity index (χ1n) is 8.94. The van der Waals surface area contributed by atoms with Crippen LogP contribution in [0.5, 0.6) is 5.75 Å². The lowest BCUT2D eigenvalue weighted by molar-refractivity contribution is -0.137. The molecule has 1 aromatic heterocycles. The number of alkyl halides is 3. The molecule has 30 heavy (non-hydrogen) atoms. The number of hydrogen-bond acceptors (Lipinski definition) is 5. The third kappa shape index (κ3) is 4.76. The SMILES string of the molecule is COc1ccc(C(=O)NNC(=O)[C@@H]2CCCN2c2ncc(C(F)(F)F)cc2Cl)cc1. The number of pyridine rings is 1. The van der Waals surface area contributed by atoms with Crippen molar-refractivity contribution in [1.82, 2.24) is 15.8 Å². The molecule has 1 saturated heterocycles. The number of methoxy groups -OCH3 is 1. The zero-order valence-electron chi connectivity index (χ0n) is 15.8. The van der Waals surface area contributed by atoms with E-state index in [0.29, 0.717) is 36.9 Å². The molecule has 1 atom stereocenters. The molecule has 1 aliphatic heterocycles. The van der Waals surface area contributed by atoms with E-state index in [1.807, 2.05) is 0 Å². The Bertz CT molecular complexity index is 938. The van der Waals surface area contributed by atoms with Gasteiger partial charge in [-0.2, -0.15) is 13.2 Å². The van der Waals surface area contributed by atoms with Crippen LogP contribution in [0.4, 0.5) is 19.0 Å². The Labute approximate surface area is 175 Å². The van der Waals surface area contributed by atoms with E-state index in [0.717, 1.165) is 6.07 Å². The quantitative estimate of drug-likeness (QED) is 0.710.